The predicted octanol–water partition coefficient (Wildman–Crippen LogP) is 6.26. The van der Waals surface area contributed by atoms with E-state index >= 15 is 0 Å². The molecule has 1 N–H and O–H groups in total. The molecule has 4 aromatic rings. The molecule has 198 valence electrons. The van der Waals surface area contributed by atoms with E-state index in [-0.39, 0.29) is 23.3 Å². The maximum atomic E-state index is 13.2. The highest BCUT2D eigenvalue weighted by Crippen LogP contribution is 2.36. The molecule has 38 heavy (non-hydrogen) atoms. The zero-order chi connectivity index (χ0) is 27.3. The first-order valence-corrected chi connectivity index (χ1v) is 13.8. The highest BCUT2D eigenvalue weighted by atomic mass is 35.5. The Morgan fingerprint density at radius 3 is 2.32 bits per heavy atom. The first kappa shape index (κ1) is 27.3. The number of nitrogens with one attached hydrogen (secondary N) is 1. The molecular formula is C29H29ClN2O5S. The van der Waals surface area contributed by atoms with Crippen molar-refractivity contribution >= 4 is 49.7 Å². The van der Waals surface area contributed by atoms with Crippen LogP contribution in [0.25, 0.3) is 10.8 Å². The zero-order valence-electron chi connectivity index (χ0n) is 21.3. The molecule has 1 atom stereocenters. The third-order valence-corrected chi connectivity index (χ3v) is 7.90. The van der Waals surface area contributed by atoms with Gasteiger partial charge in [0.1, 0.15) is 5.75 Å². The molecule has 9 heteroatoms. The summed E-state index contributed by atoms with van der Waals surface area (Å²) < 4.78 is 39.1. The summed E-state index contributed by atoms with van der Waals surface area (Å²) in [6.07, 6.45) is 0.178. The maximum Gasteiger partial charge on any atom is 0.307 e. The van der Waals surface area contributed by atoms with Gasteiger partial charge in [0.25, 0.3) is 10.0 Å². The van der Waals surface area contributed by atoms with Crippen molar-refractivity contribution < 1.29 is 22.7 Å². The Labute approximate surface area is 228 Å². The van der Waals surface area contributed by atoms with Gasteiger partial charge in [-0.3, -0.25) is 9.52 Å². The normalized spacial score (nSPS) is 12.1. The van der Waals surface area contributed by atoms with Gasteiger partial charge in [0.2, 0.25) is 0 Å². The smallest absolute Gasteiger partial charge is 0.307 e. The Kier molecular flexibility index (Phi) is 8.44. The molecule has 7 nitrogen and oxygen atoms in total. The molecule has 4 aromatic carbocycles. The molecule has 0 saturated carbocycles. The minimum atomic E-state index is -3.85. The number of esters is 1. The van der Waals surface area contributed by atoms with E-state index in [1.54, 1.807) is 18.2 Å². The first-order chi connectivity index (χ1) is 18.2. The summed E-state index contributed by atoms with van der Waals surface area (Å²) in [5.41, 5.74) is 2.27. The van der Waals surface area contributed by atoms with Crippen LogP contribution in [0.3, 0.4) is 0 Å². The van der Waals surface area contributed by atoms with Crippen LogP contribution >= 0.6 is 11.6 Å². The number of carbonyl (C=O) groups is 1. The molecular weight excluding hydrogens is 524 g/mol. The molecule has 0 aliphatic rings. The third kappa shape index (κ3) is 6.20. The van der Waals surface area contributed by atoms with E-state index < -0.39 is 10.0 Å². The summed E-state index contributed by atoms with van der Waals surface area (Å²) in [6, 6.07) is 24.7. The van der Waals surface area contributed by atoms with Gasteiger partial charge in [-0.15, -0.1) is 0 Å². The molecule has 0 aromatic heterocycles. The number of methoxy groups -OCH3 is 2. The quantitative estimate of drug-likeness (QED) is 0.234. The monoisotopic (exact) mass is 552 g/mol. The SMILES string of the molecule is COC(=O)C[C@H](C)N(Cc1cccc(Cl)c1)c1ccc(NS(=O)(=O)c2ccc(OC)cc2)c2ccccc12. The van der Waals surface area contributed by atoms with Crippen molar-refractivity contribution in [3.05, 3.63) is 95.5 Å². The Morgan fingerprint density at radius 2 is 1.66 bits per heavy atom. The Bertz CT molecular complexity index is 1540. The summed E-state index contributed by atoms with van der Waals surface area (Å²) in [7, 11) is -0.951. The first-order valence-electron chi connectivity index (χ1n) is 12.0. The van der Waals surface area contributed by atoms with E-state index in [1.165, 1.54) is 26.4 Å². The molecule has 0 fully saturated rings. The van der Waals surface area contributed by atoms with E-state index in [0.29, 0.717) is 23.0 Å². The number of sulfonamides is 1. The number of carbonyl (C=O) groups excluding carboxylic acids is 1. The van der Waals surface area contributed by atoms with Crippen molar-refractivity contribution in [2.24, 2.45) is 0 Å². The van der Waals surface area contributed by atoms with E-state index in [0.717, 1.165) is 22.0 Å². The van der Waals surface area contributed by atoms with Crippen LogP contribution in [0, 0.1) is 0 Å². The summed E-state index contributed by atoms with van der Waals surface area (Å²) in [5, 5.41) is 2.18. The number of halogens is 1. The fourth-order valence-electron chi connectivity index (χ4n) is 4.33. The van der Waals surface area contributed by atoms with E-state index in [4.69, 9.17) is 21.1 Å². The van der Waals surface area contributed by atoms with Crippen LogP contribution in [-0.2, 0) is 26.1 Å². The van der Waals surface area contributed by atoms with Gasteiger partial charge in [-0.05, 0) is 61.0 Å². The predicted molar refractivity (Wildman–Crippen MR) is 151 cm³/mol. The second kappa shape index (κ2) is 11.8. The molecule has 0 aliphatic carbocycles. The number of nitrogens with zero attached hydrogens (tertiary/aromatic N) is 1. The Balaban J connectivity index is 1.76. The van der Waals surface area contributed by atoms with Crippen LogP contribution in [0.4, 0.5) is 11.4 Å². The van der Waals surface area contributed by atoms with E-state index in [2.05, 4.69) is 9.62 Å². The van der Waals surface area contributed by atoms with Gasteiger partial charge in [-0.25, -0.2) is 8.42 Å². The lowest BCUT2D eigenvalue weighted by Gasteiger charge is -2.32. The zero-order valence-corrected chi connectivity index (χ0v) is 22.9. The van der Waals surface area contributed by atoms with Crippen molar-refractivity contribution in [2.75, 3.05) is 23.8 Å². The van der Waals surface area contributed by atoms with Crippen LogP contribution in [-0.4, -0.2) is 34.6 Å². The molecule has 0 bridgehead atoms. The number of benzene rings is 4. The van der Waals surface area contributed by atoms with Crippen LogP contribution in [0.2, 0.25) is 5.02 Å². The van der Waals surface area contributed by atoms with Crippen molar-refractivity contribution in [3.8, 4) is 5.75 Å². The summed E-state index contributed by atoms with van der Waals surface area (Å²) in [4.78, 5) is 14.4. The molecule has 0 spiro atoms. The average molecular weight is 553 g/mol. The molecule has 4 rings (SSSR count). The second-order valence-electron chi connectivity index (χ2n) is 8.85. The van der Waals surface area contributed by atoms with Crippen molar-refractivity contribution in [1.29, 1.82) is 0 Å². The number of rotatable bonds is 10. The van der Waals surface area contributed by atoms with Crippen LogP contribution < -0.4 is 14.4 Å². The van der Waals surface area contributed by atoms with Gasteiger partial charge >= 0.3 is 5.97 Å². The van der Waals surface area contributed by atoms with Crippen LogP contribution in [0.5, 0.6) is 5.75 Å². The lowest BCUT2D eigenvalue weighted by atomic mass is 10.0. The number of hydrogen-bond donors (Lipinski definition) is 1. The number of anilines is 2. The minimum Gasteiger partial charge on any atom is -0.497 e. The van der Waals surface area contributed by atoms with Crippen molar-refractivity contribution in [3.63, 3.8) is 0 Å². The number of hydrogen-bond acceptors (Lipinski definition) is 6. The maximum absolute atomic E-state index is 13.2. The topological polar surface area (TPSA) is 84.9 Å². The second-order valence-corrected chi connectivity index (χ2v) is 11.0. The van der Waals surface area contributed by atoms with Gasteiger partial charge in [-0.2, -0.15) is 0 Å². The molecule has 0 amide bonds. The van der Waals surface area contributed by atoms with Gasteiger partial charge in [0, 0.05) is 34.1 Å². The molecule has 0 heterocycles. The highest BCUT2D eigenvalue weighted by molar-refractivity contribution is 7.92. The largest absolute Gasteiger partial charge is 0.497 e. The minimum absolute atomic E-state index is 0.126. The van der Waals surface area contributed by atoms with Crippen LogP contribution in [0.15, 0.2) is 89.8 Å². The summed E-state index contributed by atoms with van der Waals surface area (Å²) in [6.45, 7) is 2.44. The molecule has 0 saturated heterocycles. The van der Waals surface area contributed by atoms with Gasteiger partial charge < -0.3 is 14.4 Å². The standard InChI is InChI=1S/C29H29ClN2O5S/c1-20(17-29(33)37-3)32(19-21-7-6-8-22(30)18-21)28-16-15-27(25-9-4-5-10-26(25)28)31-38(34,35)24-13-11-23(36-2)12-14-24/h4-16,18,20,31H,17,19H2,1-3H3/t20-/m0/s1. The average Bonchev–Trinajstić information content (AvgIpc) is 2.92. The molecule has 0 aliphatic heterocycles. The number of ether oxygens (including phenoxy) is 2. The Hall–Kier alpha value is -3.75. The highest BCUT2D eigenvalue weighted by Gasteiger charge is 2.23. The summed E-state index contributed by atoms with van der Waals surface area (Å²) >= 11 is 6.24. The van der Waals surface area contributed by atoms with Gasteiger partial charge in [0.05, 0.1) is 31.2 Å². The lowest BCUT2D eigenvalue weighted by molar-refractivity contribution is -0.140. The van der Waals surface area contributed by atoms with E-state index in [9.17, 15) is 13.2 Å². The van der Waals surface area contributed by atoms with Gasteiger partial charge in [-0.1, -0.05) is 48.0 Å². The molecule has 0 unspecified atom stereocenters. The van der Waals surface area contributed by atoms with Crippen molar-refractivity contribution in [1.82, 2.24) is 0 Å². The number of fused-ring (bicyclic) bond motifs is 1. The fourth-order valence-corrected chi connectivity index (χ4v) is 5.62. The van der Waals surface area contributed by atoms with E-state index in [1.807, 2.05) is 61.5 Å². The Morgan fingerprint density at radius 1 is 0.947 bits per heavy atom. The third-order valence-electron chi connectivity index (χ3n) is 6.29. The van der Waals surface area contributed by atoms with Crippen LogP contribution in [0.1, 0.15) is 18.9 Å². The lowest BCUT2D eigenvalue weighted by Crippen LogP contribution is -2.34. The fraction of sp³-hybridized carbons (Fsp3) is 0.207. The van der Waals surface area contributed by atoms with Crippen molar-refractivity contribution in [2.45, 2.75) is 30.8 Å². The summed E-state index contributed by atoms with van der Waals surface area (Å²) in [5.74, 6) is 0.251. The molecule has 0 radical (unpaired) electrons. The van der Waals surface area contributed by atoms with Gasteiger partial charge in [0.15, 0.2) is 0 Å².